The number of rotatable bonds is 2. The molecule has 0 aromatic carbocycles. The molecule has 0 heterocycles. The number of hydrogen-bond acceptors (Lipinski definition) is 1. The molecular weight excluding hydrogens is 376 g/mol. The Balaban J connectivity index is 4.39. The molecule has 4 heteroatoms. The second kappa shape index (κ2) is 5.46. The lowest BCUT2D eigenvalue weighted by Crippen LogP contribution is -2.21. The van der Waals surface area contributed by atoms with Crippen molar-refractivity contribution in [2.75, 3.05) is 0 Å². The van der Waals surface area contributed by atoms with Crippen LogP contribution in [-0.4, -0.2) is 13.4 Å². The molecule has 0 spiro atoms. The highest BCUT2D eigenvalue weighted by Crippen LogP contribution is 2.38. The quantitative estimate of drug-likeness (QED) is 0.539. The lowest BCUT2D eigenvalue weighted by atomic mass is 9.88. The molecule has 0 saturated heterocycles. The van der Waals surface area contributed by atoms with Gasteiger partial charge in [-0.05, 0) is 18.8 Å². The number of aliphatic hydroxyl groups excluding tert-OH is 1. The Morgan fingerprint density at radius 3 is 2.00 bits per heavy atom. The van der Waals surface area contributed by atoms with E-state index in [1.807, 2.05) is 13.0 Å². The summed E-state index contributed by atoms with van der Waals surface area (Å²) in [6.07, 6.45) is 2.24. The van der Waals surface area contributed by atoms with E-state index in [0.717, 1.165) is 6.42 Å². The van der Waals surface area contributed by atoms with Gasteiger partial charge >= 0.3 is 0 Å². The van der Waals surface area contributed by atoms with Crippen LogP contribution >= 0.6 is 47.8 Å². The van der Waals surface area contributed by atoms with Gasteiger partial charge in [0.1, 0.15) is 6.10 Å². The van der Waals surface area contributed by atoms with Crippen LogP contribution in [0.2, 0.25) is 0 Å². The summed E-state index contributed by atoms with van der Waals surface area (Å²) in [4.78, 5) is 0. The topological polar surface area (TPSA) is 20.2 Å². The Hall–Kier alpha value is 1.14. The van der Waals surface area contributed by atoms with Gasteiger partial charge in [0.2, 0.25) is 0 Å². The van der Waals surface area contributed by atoms with Crippen LogP contribution in [0.5, 0.6) is 0 Å². The first-order chi connectivity index (χ1) is 6.02. The number of allylic oxidation sites excluding steroid dienone is 1. The van der Waals surface area contributed by atoms with Crippen molar-refractivity contribution < 1.29 is 5.11 Å². The lowest BCUT2D eigenvalue weighted by molar-refractivity contribution is 0.236. The Morgan fingerprint density at radius 1 is 1.29 bits per heavy atom. The summed E-state index contributed by atoms with van der Waals surface area (Å²) < 4.78 is -0.619. The van der Waals surface area contributed by atoms with Gasteiger partial charge < -0.3 is 5.11 Å². The van der Waals surface area contributed by atoms with E-state index < -0.39 is 8.25 Å². The highest BCUT2D eigenvalue weighted by atomic mass is 80.0. The Kier molecular flexibility index (Phi) is 5.91. The molecule has 0 aliphatic heterocycles. The zero-order valence-corrected chi connectivity index (χ0v) is 13.7. The predicted octanol–water partition coefficient (Wildman–Crippen LogP) is 4.57. The first-order valence-corrected chi connectivity index (χ1v) is 6.82. The molecule has 1 N–H and O–H groups in total. The fourth-order valence-corrected chi connectivity index (χ4v) is 1.66. The molecule has 1 unspecified atom stereocenters. The lowest BCUT2D eigenvalue weighted by Gasteiger charge is -2.21. The molecule has 0 saturated carbocycles. The summed E-state index contributed by atoms with van der Waals surface area (Å²) >= 11 is 9.87. The smallest absolute Gasteiger partial charge is 0.164 e. The molecule has 84 valence electrons. The first-order valence-electron chi connectivity index (χ1n) is 4.44. The molecule has 0 bridgehead atoms. The summed E-state index contributed by atoms with van der Waals surface area (Å²) in [6.45, 7) is 8.58. The van der Waals surface area contributed by atoms with Crippen LogP contribution in [0.15, 0.2) is 11.6 Å². The minimum atomic E-state index is -0.619. The largest absolute Gasteiger partial charge is 0.386 e. The molecule has 0 amide bonds. The zero-order chi connectivity index (χ0) is 11.6. The summed E-state index contributed by atoms with van der Waals surface area (Å²) in [5, 5.41) is 9.74. The molecule has 0 fully saturated rings. The fourth-order valence-electron chi connectivity index (χ4n) is 1.26. The Morgan fingerprint density at radius 2 is 1.71 bits per heavy atom. The van der Waals surface area contributed by atoms with Crippen LogP contribution in [0.4, 0.5) is 0 Å². The average molecular weight is 393 g/mol. The molecule has 0 aromatic heterocycles. The van der Waals surface area contributed by atoms with Gasteiger partial charge in [-0.1, -0.05) is 80.2 Å². The van der Waals surface area contributed by atoms with E-state index in [9.17, 15) is 5.11 Å². The Bertz CT molecular complexity index is 210. The van der Waals surface area contributed by atoms with Gasteiger partial charge in [0.15, 0.2) is 2.14 Å². The molecule has 1 atom stereocenters. The van der Waals surface area contributed by atoms with Crippen molar-refractivity contribution in [1.82, 2.24) is 0 Å². The molecule has 0 aromatic rings. The Labute approximate surface area is 112 Å². The van der Waals surface area contributed by atoms with Crippen LogP contribution in [-0.2, 0) is 0 Å². The minimum absolute atomic E-state index is 0.258. The van der Waals surface area contributed by atoms with Gasteiger partial charge in [0.05, 0.1) is 0 Å². The van der Waals surface area contributed by atoms with Crippen molar-refractivity contribution in [3.8, 4) is 0 Å². The molecule has 14 heavy (non-hydrogen) atoms. The van der Waals surface area contributed by atoms with Crippen LogP contribution < -0.4 is 0 Å². The van der Waals surface area contributed by atoms with Crippen molar-refractivity contribution >= 4 is 47.8 Å². The third-order valence-electron chi connectivity index (χ3n) is 1.59. The van der Waals surface area contributed by atoms with Gasteiger partial charge in [0.25, 0.3) is 0 Å². The van der Waals surface area contributed by atoms with Crippen LogP contribution in [0.1, 0.15) is 34.1 Å². The normalized spacial score (nSPS) is 17.0. The van der Waals surface area contributed by atoms with Gasteiger partial charge in [-0.25, -0.2) is 0 Å². The van der Waals surface area contributed by atoms with Gasteiger partial charge in [-0.2, -0.15) is 0 Å². The highest BCUT2D eigenvalue weighted by molar-refractivity contribution is 9.39. The van der Waals surface area contributed by atoms with E-state index in [4.69, 9.17) is 0 Å². The number of alkyl halides is 3. The van der Waals surface area contributed by atoms with E-state index in [2.05, 4.69) is 68.6 Å². The summed E-state index contributed by atoms with van der Waals surface area (Å²) in [5.74, 6) is 0. The van der Waals surface area contributed by atoms with Crippen molar-refractivity contribution in [3.05, 3.63) is 11.6 Å². The standard InChI is InChI=1S/C10H17Br3O/c1-7(6-9(2,3)4)5-8(14)10(11,12)13/h5,8,14H,6H2,1-4H3/b7-5+. The van der Waals surface area contributed by atoms with E-state index in [1.165, 1.54) is 5.57 Å². The van der Waals surface area contributed by atoms with Gasteiger partial charge in [0, 0.05) is 0 Å². The van der Waals surface area contributed by atoms with Crippen molar-refractivity contribution in [2.45, 2.75) is 42.4 Å². The number of aliphatic hydroxyl groups is 1. The van der Waals surface area contributed by atoms with E-state index in [1.54, 1.807) is 0 Å². The van der Waals surface area contributed by atoms with Crippen molar-refractivity contribution in [2.24, 2.45) is 5.41 Å². The second-order valence-corrected chi connectivity index (χ2v) is 11.7. The first kappa shape index (κ1) is 15.1. The molecule has 1 nitrogen and oxygen atoms in total. The highest BCUT2D eigenvalue weighted by Gasteiger charge is 2.27. The van der Waals surface area contributed by atoms with Crippen LogP contribution in [0, 0.1) is 5.41 Å². The third kappa shape index (κ3) is 7.43. The number of halogens is 3. The molecule has 0 radical (unpaired) electrons. The number of hydrogen-bond donors (Lipinski definition) is 1. The van der Waals surface area contributed by atoms with Crippen molar-refractivity contribution in [1.29, 1.82) is 0 Å². The maximum absolute atomic E-state index is 9.74. The maximum atomic E-state index is 9.74. The molecule has 0 aliphatic carbocycles. The average Bonchev–Trinajstić information content (AvgIpc) is 1.79. The van der Waals surface area contributed by atoms with E-state index in [0.29, 0.717) is 0 Å². The van der Waals surface area contributed by atoms with Gasteiger partial charge in [-0.15, -0.1) is 0 Å². The molecular formula is C10H17Br3O. The zero-order valence-electron chi connectivity index (χ0n) is 8.94. The maximum Gasteiger partial charge on any atom is 0.164 e. The third-order valence-corrected chi connectivity index (χ3v) is 2.99. The van der Waals surface area contributed by atoms with E-state index >= 15 is 0 Å². The molecule has 0 rings (SSSR count). The summed E-state index contributed by atoms with van der Waals surface area (Å²) in [5.41, 5.74) is 1.45. The summed E-state index contributed by atoms with van der Waals surface area (Å²) in [7, 11) is 0. The fraction of sp³-hybridized carbons (Fsp3) is 0.800. The molecule has 0 aliphatic rings. The van der Waals surface area contributed by atoms with Crippen molar-refractivity contribution in [3.63, 3.8) is 0 Å². The monoisotopic (exact) mass is 390 g/mol. The van der Waals surface area contributed by atoms with Crippen LogP contribution in [0.25, 0.3) is 0 Å². The second-order valence-electron chi connectivity index (χ2n) is 4.74. The summed E-state index contributed by atoms with van der Waals surface area (Å²) in [6, 6.07) is 0. The predicted molar refractivity (Wildman–Crippen MR) is 73.3 cm³/mol. The SMILES string of the molecule is C/C(=C\C(O)C(Br)(Br)Br)CC(C)(C)C. The van der Waals surface area contributed by atoms with Crippen LogP contribution in [0.3, 0.4) is 0 Å². The van der Waals surface area contributed by atoms with Gasteiger partial charge in [-0.3, -0.25) is 0 Å². The van der Waals surface area contributed by atoms with E-state index in [-0.39, 0.29) is 5.41 Å². The minimum Gasteiger partial charge on any atom is -0.386 e.